The van der Waals surface area contributed by atoms with Gasteiger partial charge in [-0.05, 0) is 36.8 Å². The standard InChI is InChI=1S/C14H14FNO2S/c1-2-10-4-5-11(19-10)8-18-14(17)9-3-6-12(15)13(16)7-9/h3-7H,2,8,16H2,1H3. The SMILES string of the molecule is CCc1ccc(COC(=O)c2ccc(F)c(N)c2)s1. The van der Waals surface area contributed by atoms with Crippen molar-refractivity contribution in [1.82, 2.24) is 0 Å². The number of hydrogen-bond donors (Lipinski definition) is 1. The van der Waals surface area contributed by atoms with Crippen molar-refractivity contribution in [3.63, 3.8) is 0 Å². The first-order valence-electron chi connectivity index (χ1n) is 5.90. The highest BCUT2D eigenvalue weighted by Crippen LogP contribution is 2.19. The molecule has 1 aromatic heterocycles. The molecule has 1 aromatic carbocycles. The van der Waals surface area contributed by atoms with E-state index in [4.69, 9.17) is 10.5 Å². The molecule has 5 heteroatoms. The zero-order valence-corrected chi connectivity index (χ0v) is 11.3. The molecule has 3 nitrogen and oxygen atoms in total. The number of nitrogen functional groups attached to an aromatic ring is 1. The van der Waals surface area contributed by atoms with E-state index in [0.717, 1.165) is 17.4 Å². The summed E-state index contributed by atoms with van der Waals surface area (Å²) in [6.07, 6.45) is 0.965. The van der Waals surface area contributed by atoms with Crippen molar-refractivity contribution in [3.05, 3.63) is 51.5 Å². The Labute approximate surface area is 114 Å². The largest absolute Gasteiger partial charge is 0.456 e. The van der Waals surface area contributed by atoms with Gasteiger partial charge in [-0.15, -0.1) is 11.3 Å². The minimum atomic E-state index is -0.539. The lowest BCUT2D eigenvalue weighted by Crippen LogP contribution is -2.05. The monoisotopic (exact) mass is 279 g/mol. The van der Waals surface area contributed by atoms with Gasteiger partial charge in [-0.3, -0.25) is 0 Å². The summed E-state index contributed by atoms with van der Waals surface area (Å²) in [6, 6.07) is 7.76. The van der Waals surface area contributed by atoms with Crippen LogP contribution in [-0.4, -0.2) is 5.97 Å². The Morgan fingerprint density at radius 2 is 2.05 bits per heavy atom. The molecule has 0 unspecified atom stereocenters. The Morgan fingerprint density at radius 1 is 1.32 bits per heavy atom. The molecular formula is C14H14FNO2S. The summed E-state index contributed by atoms with van der Waals surface area (Å²) in [5.74, 6) is -1.04. The first-order valence-corrected chi connectivity index (χ1v) is 6.71. The van der Waals surface area contributed by atoms with Crippen LogP contribution in [0.5, 0.6) is 0 Å². The van der Waals surface area contributed by atoms with Gasteiger partial charge in [-0.25, -0.2) is 9.18 Å². The van der Waals surface area contributed by atoms with Gasteiger partial charge in [0.1, 0.15) is 12.4 Å². The number of hydrogen-bond acceptors (Lipinski definition) is 4. The number of thiophene rings is 1. The lowest BCUT2D eigenvalue weighted by molar-refractivity contribution is 0.0477. The molecule has 100 valence electrons. The van der Waals surface area contributed by atoms with Gasteiger partial charge in [0.25, 0.3) is 0 Å². The predicted octanol–water partition coefficient (Wildman–Crippen LogP) is 3.39. The van der Waals surface area contributed by atoms with E-state index in [9.17, 15) is 9.18 Å². The minimum Gasteiger partial charge on any atom is -0.456 e. The lowest BCUT2D eigenvalue weighted by Gasteiger charge is -2.04. The van der Waals surface area contributed by atoms with Crippen LogP contribution in [0.2, 0.25) is 0 Å². The average Bonchev–Trinajstić information content (AvgIpc) is 2.87. The normalized spacial score (nSPS) is 10.4. The van der Waals surface area contributed by atoms with Crippen molar-refractivity contribution in [1.29, 1.82) is 0 Å². The van der Waals surface area contributed by atoms with Gasteiger partial charge in [0.05, 0.1) is 11.3 Å². The molecular weight excluding hydrogens is 265 g/mol. The summed E-state index contributed by atoms with van der Waals surface area (Å²) >= 11 is 1.61. The van der Waals surface area contributed by atoms with Gasteiger partial charge in [-0.1, -0.05) is 6.92 Å². The first-order chi connectivity index (χ1) is 9.10. The Kier molecular flexibility index (Phi) is 4.16. The fourth-order valence-electron chi connectivity index (χ4n) is 1.58. The van der Waals surface area contributed by atoms with E-state index in [1.807, 2.05) is 12.1 Å². The molecule has 0 aliphatic heterocycles. The maximum Gasteiger partial charge on any atom is 0.338 e. The van der Waals surface area contributed by atoms with Gasteiger partial charge in [0, 0.05) is 9.75 Å². The molecule has 0 amide bonds. The van der Waals surface area contributed by atoms with E-state index in [1.54, 1.807) is 11.3 Å². The van der Waals surface area contributed by atoms with Gasteiger partial charge in [0.2, 0.25) is 0 Å². The summed E-state index contributed by atoms with van der Waals surface area (Å²) in [4.78, 5) is 14.0. The molecule has 2 rings (SSSR count). The zero-order chi connectivity index (χ0) is 13.8. The van der Waals surface area contributed by atoms with Gasteiger partial charge in [-0.2, -0.15) is 0 Å². The number of anilines is 1. The van der Waals surface area contributed by atoms with E-state index in [2.05, 4.69) is 6.92 Å². The summed E-state index contributed by atoms with van der Waals surface area (Å²) in [5, 5.41) is 0. The third kappa shape index (κ3) is 3.32. The minimum absolute atomic E-state index is 0.0566. The number of benzene rings is 1. The average molecular weight is 279 g/mol. The molecule has 0 spiro atoms. The van der Waals surface area contributed by atoms with Crippen LogP contribution < -0.4 is 5.73 Å². The van der Waals surface area contributed by atoms with Crippen LogP contribution in [0.1, 0.15) is 27.0 Å². The van der Waals surface area contributed by atoms with E-state index in [1.165, 1.54) is 17.0 Å². The van der Waals surface area contributed by atoms with E-state index in [-0.39, 0.29) is 17.9 Å². The third-order valence-electron chi connectivity index (χ3n) is 2.64. The molecule has 0 fully saturated rings. The fourth-order valence-corrected chi connectivity index (χ4v) is 2.45. The highest BCUT2D eigenvalue weighted by Gasteiger charge is 2.10. The van der Waals surface area contributed by atoms with Crippen LogP contribution >= 0.6 is 11.3 Å². The topological polar surface area (TPSA) is 52.3 Å². The maximum absolute atomic E-state index is 13.0. The smallest absolute Gasteiger partial charge is 0.338 e. The van der Waals surface area contributed by atoms with Crippen LogP contribution in [0.3, 0.4) is 0 Å². The Hall–Kier alpha value is -1.88. The third-order valence-corrected chi connectivity index (χ3v) is 3.85. The fraction of sp³-hybridized carbons (Fsp3) is 0.214. The zero-order valence-electron chi connectivity index (χ0n) is 10.5. The van der Waals surface area contributed by atoms with Crippen LogP contribution in [-0.2, 0) is 17.8 Å². The number of ether oxygens (including phenoxy) is 1. The van der Waals surface area contributed by atoms with Crippen LogP contribution in [0, 0.1) is 5.82 Å². The number of aryl methyl sites for hydroxylation is 1. The second-order valence-corrected chi connectivity index (χ2v) is 5.29. The first kappa shape index (κ1) is 13.5. The summed E-state index contributed by atoms with van der Waals surface area (Å²) in [6.45, 7) is 2.30. The molecule has 2 N–H and O–H groups in total. The Morgan fingerprint density at radius 3 is 2.68 bits per heavy atom. The molecule has 0 bridgehead atoms. The van der Waals surface area contributed by atoms with Crippen molar-refractivity contribution < 1.29 is 13.9 Å². The molecule has 1 heterocycles. The molecule has 0 atom stereocenters. The predicted molar refractivity (Wildman–Crippen MR) is 73.6 cm³/mol. The quantitative estimate of drug-likeness (QED) is 0.689. The van der Waals surface area contributed by atoms with Crippen molar-refractivity contribution in [2.75, 3.05) is 5.73 Å². The summed E-state index contributed by atoms with van der Waals surface area (Å²) in [5.41, 5.74) is 5.61. The van der Waals surface area contributed by atoms with E-state index in [0.29, 0.717) is 0 Å². The molecule has 0 aliphatic rings. The molecule has 2 aromatic rings. The van der Waals surface area contributed by atoms with Gasteiger partial charge < -0.3 is 10.5 Å². The number of carbonyl (C=O) groups excluding carboxylic acids is 1. The van der Waals surface area contributed by atoms with E-state index >= 15 is 0 Å². The van der Waals surface area contributed by atoms with Crippen molar-refractivity contribution in [2.45, 2.75) is 20.0 Å². The van der Waals surface area contributed by atoms with Crippen molar-refractivity contribution >= 4 is 23.0 Å². The molecule has 0 saturated heterocycles. The summed E-state index contributed by atoms with van der Waals surface area (Å²) in [7, 11) is 0. The highest BCUT2D eigenvalue weighted by atomic mass is 32.1. The lowest BCUT2D eigenvalue weighted by atomic mass is 10.2. The van der Waals surface area contributed by atoms with Crippen LogP contribution in [0.15, 0.2) is 30.3 Å². The number of nitrogens with two attached hydrogens (primary N) is 1. The van der Waals surface area contributed by atoms with Crippen LogP contribution in [0.25, 0.3) is 0 Å². The van der Waals surface area contributed by atoms with Gasteiger partial charge >= 0.3 is 5.97 Å². The highest BCUT2D eigenvalue weighted by molar-refractivity contribution is 7.11. The van der Waals surface area contributed by atoms with E-state index < -0.39 is 11.8 Å². The van der Waals surface area contributed by atoms with Gasteiger partial charge in [0.15, 0.2) is 0 Å². The molecule has 19 heavy (non-hydrogen) atoms. The summed E-state index contributed by atoms with van der Waals surface area (Å²) < 4.78 is 18.1. The maximum atomic E-state index is 13.0. The number of carbonyl (C=O) groups is 1. The molecule has 0 radical (unpaired) electrons. The number of halogens is 1. The van der Waals surface area contributed by atoms with Crippen molar-refractivity contribution in [3.8, 4) is 0 Å². The molecule has 0 saturated carbocycles. The second kappa shape index (κ2) is 5.84. The number of rotatable bonds is 4. The van der Waals surface area contributed by atoms with Crippen molar-refractivity contribution in [2.24, 2.45) is 0 Å². The Bertz CT molecular complexity index is 595. The second-order valence-electron chi connectivity index (χ2n) is 4.03. The van der Waals surface area contributed by atoms with Crippen LogP contribution in [0.4, 0.5) is 10.1 Å². The molecule has 0 aliphatic carbocycles. The number of esters is 1. The Balaban J connectivity index is 1.99.